The molecule has 2 fully saturated rings. The van der Waals surface area contributed by atoms with E-state index in [1.807, 2.05) is 6.07 Å². The van der Waals surface area contributed by atoms with E-state index in [9.17, 15) is 4.79 Å². The highest BCUT2D eigenvalue weighted by atomic mass is 16.2. The molecule has 1 aromatic rings. The topological polar surface area (TPSA) is 41.1 Å². The zero-order valence-electron chi connectivity index (χ0n) is 11.1. The van der Waals surface area contributed by atoms with Crippen molar-refractivity contribution in [2.24, 2.45) is 17.8 Å². The van der Waals surface area contributed by atoms with E-state index in [1.165, 1.54) is 36.9 Å². The zero-order chi connectivity index (χ0) is 12.8. The quantitative estimate of drug-likeness (QED) is 0.854. The van der Waals surface area contributed by atoms with E-state index in [2.05, 4.69) is 22.8 Å². The number of anilines is 2. The normalized spacial score (nSPS) is 31.1. The van der Waals surface area contributed by atoms with Crippen LogP contribution in [0.4, 0.5) is 11.4 Å². The van der Waals surface area contributed by atoms with Gasteiger partial charge in [-0.3, -0.25) is 4.79 Å². The monoisotopic (exact) mass is 256 g/mol. The molecule has 1 aromatic carbocycles. The Morgan fingerprint density at radius 1 is 1.21 bits per heavy atom. The van der Waals surface area contributed by atoms with Crippen LogP contribution in [0.25, 0.3) is 0 Å². The van der Waals surface area contributed by atoms with E-state index in [0.717, 1.165) is 18.7 Å². The van der Waals surface area contributed by atoms with E-state index in [1.54, 1.807) is 0 Å². The highest BCUT2D eigenvalue weighted by Gasteiger charge is 2.56. The summed E-state index contributed by atoms with van der Waals surface area (Å²) in [5.41, 5.74) is 3.53. The molecule has 2 aliphatic carbocycles. The van der Waals surface area contributed by atoms with Gasteiger partial charge in [0.25, 0.3) is 0 Å². The molecule has 3 heteroatoms. The number of fused-ring (bicyclic) bond motifs is 2. The van der Waals surface area contributed by atoms with Gasteiger partial charge < -0.3 is 10.6 Å². The lowest BCUT2D eigenvalue weighted by molar-refractivity contribution is -0.118. The molecule has 1 aliphatic heterocycles. The Morgan fingerprint density at radius 2 is 2.05 bits per heavy atom. The van der Waals surface area contributed by atoms with Crippen molar-refractivity contribution in [1.29, 1.82) is 0 Å². The second-order valence-corrected chi connectivity index (χ2v) is 6.18. The van der Waals surface area contributed by atoms with Crippen LogP contribution >= 0.6 is 0 Å². The van der Waals surface area contributed by atoms with Gasteiger partial charge in [-0.15, -0.1) is 0 Å². The minimum Gasteiger partial charge on any atom is -0.385 e. The highest BCUT2D eigenvalue weighted by Crippen LogP contribution is 2.57. The molecular formula is C16H20N2O. The van der Waals surface area contributed by atoms with Crippen LogP contribution < -0.4 is 10.6 Å². The maximum Gasteiger partial charge on any atom is 0.228 e. The van der Waals surface area contributed by atoms with Crippen molar-refractivity contribution in [3.05, 3.63) is 23.8 Å². The van der Waals surface area contributed by atoms with Crippen molar-refractivity contribution in [3.63, 3.8) is 0 Å². The Bertz CT molecular complexity index is 515. The number of amides is 1. The molecule has 2 N–H and O–H groups in total. The second kappa shape index (κ2) is 4.26. The van der Waals surface area contributed by atoms with Crippen molar-refractivity contribution >= 4 is 17.3 Å². The first-order chi connectivity index (χ1) is 9.33. The van der Waals surface area contributed by atoms with Crippen LogP contribution in [0.1, 0.15) is 31.2 Å². The predicted octanol–water partition coefficient (Wildman–Crippen LogP) is 3.03. The van der Waals surface area contributed by atoms with Crippen molar-refractivity contribution in [2.45, 2.75) is 32.1 Å². The van der Waals surface area contributed by atoms with E-state index in [4.69, 9.17) is 0 Å². The van der Waals surface area contributed by atoms with Crippen molar-refractivity contribution in [1.82, 2.24) is 0 Å². The third-order valence-corrected chi connectivity index (χ3v) is 5.02. The van der Waals surface area contributed by atoms with Crippen molar-refractivity contribution in [3.8, 4) is 0 Å². The highest BCUT2D eigenvalue weighted by molar-refractivity contribution is 5.95. The molecule has 4 rings (SSSR count). The lowest BCUT2D eigenvalue weighted by Gasteiger charge is -2.19. The van der Waals surface area contributed by atoms with E-state index in [-0.39, 0.29) is 5.91 Å². The summed E-state index contributed by atoms with van der Waals surface area (Å²) in [6, 6.07) is 6.25. The van der Waals surface area contributed by atoms with E-state index < -0.39 is 0 Å². The molecular weight excluding hydrogens is 236 g/mol. The fourth-order valence-electron chi connectivity index (χ4n) is 3.99. The summed E-state index contributed by atoms with van der Waals surface area (Å²) in [5, 5.41) is 6.51. The van der Waals surface area contributed by atoms with Crippen LogP contribution in [-0.4, -0.2) is 12.5 Å². The number of aryl methyl sites for hydroxylation is 1. The first kappa shape index (κ1) is 11.3. The molecule has 2 unspecified atom stereocenters. The van der Waals surface area contributed by atoms with Gasteiger partial charge in [0, 0.05) is 23.8 Å². The van der Waals surface area contributed by atoms with Gasteiger partial charge in [0.2, 0.25) is 5.91 Å². The van der Waals surface area contributed by atoms with Gasteiger partial charge in [0.05, 0.1) is 0 Å². The Morgan fingerprint density at radius 3 is 2.89 bits per heavy atom. The third-order valence-electron chi connectivity index (χ3n) is 5.02. The number of hydrogen-bond acceptors (Lipinski definition) is 2. The smallest absolute Gasteiger partial charge is 0.228 e. The number of hydrogen-bond donors (Lipinski definition) is 2. The van der Waals surface area contributed by atoms with Gasteiger partial charge in [0.1, 0.15) is 0 Å². The maximum atomic E-state index is 12.2. The standard InChI is InChI=1S/C16H20N2O/c19-16(15-12-4-1-5-13(12)15)18-11-6-7-14-10(9-11)3-2-8-17-14/h6-7,9,12-13,15,17H,1-5,8H2,(H,18,19). The molecule has 2 saturated carbocycles. The van der Waals surface area contributed by atoms with E-state index >= 15 is 0 Å². The number of nitrogens with one attached hydrogen (secondary N) is 2. The maximum absolute atomic E-state index is 12.2. The van der Waals surface area contributed by atoms with Crippen LogP contribution in [0, 0.1) is 17.8 Å². The van der Waals surface area contributed by atoms with Crippen LogP contribution in [0.5, 0.6) is 0 Å². The number of carbonyl (C=O) groups is 1. The molecule has 100 valence electrons. The second-order valence-electron chi connectivity index (χ2n) is 6.18. The average molecular weight is 256 g/mol. The summed E-state index contributed by atoms with van der Waals surface area (Å²) in [7, 11) is 0. The molecule has 3 nitrogen and oxygen atoms in total. The minimum absolute atomic E-state index is 0.249. The summed E-state index contributed by atoms with van der Waals surface area (Å²) in [6.45, 7) is 1.06. The summed E-state index contributed by atoms with van der Waals surface area (Å²) < 4.78 is 0. The zero-order valence-corrected chi connectivity index (χ0v) is 11.1. The predicted molar refractivity (Wildman–Crippen MR) is 76.2 cm³/mol. The molecule has 19 heavy (non-hydrogen) atoms. The Balaban J connectivity index is 1.46. The van der Waals surface area contributed by atoms with Crippen LogP contribution in [0.2, 0.25) is 0 Å². The molecule has 0 saturated heterocycles. The number of benzene rings is 1. The largest absolute Gasteiger partial charge is 0.385 e. The molecule has 1 amide bonds. The van der Waals surface area contributed by atoms with Gasteiger partial charge in [-0.05, 0) is 61.3 Å². The fraction of sp³-hybridized carbons (Fsp3) is 0.562. The summed E-state index contributed by atoms with van der Waals surface area (Å²) in [5.74, 6) is 1.94. The van der Waals surface area contributed by atoms with Gasteiger partial charge in [-0.2, -0.15) is 0 Å². The molecule has 1 heterocycles. The molecule has 0 radical (unpaired) electrons. The van der Waals surface area contributed by atoms with Gasteiger partial charge in [0.15, 0.2) is 0 Å². The van der Waals surface area contributed by atoms with Gasteiger partial charge in [-0.1, -0.05) is 6.42 Å². The molecule has 3 aliphatic rings. The number of rotatable bonds is 2. The lowest BCUT2D eigenvalue weighted by Crippen LogP contribution is -2.17. The van der Waals surface area contributed by atoms with Crippen molar-refractivity contribution in [2.75, 3.05) is 17.2 Å². The molecule has 0 bridgehead atoms. The molecule has 0 aromatic heterocycles. The summed E-state index contributed by atoms with van der Waals surface area (Å²) in [4.78, 5) is 12.2. The fourth-order valence-corrected chi connectivity index (χ4v) is 3.99. The summed E-state index contributed by atoms with van der Waals surface area (Å²) in [6.07, 6.45) is 6.13. The average Bonchev–Trinajstić information content (AvgIpc) is 2.93. The van der Waals surface area contributed by atoms with E-state index in [0.29, 0.717) is 17.8 Å². The summed E-state index contributed by atoms with van der Waals surface area (Å²) >= 11 is 0. The van der Waals surface area contributed by atoms with Crippen LogP contribution in [0.15, 0.2) is 18.2 Å². The molecule has 2 atom stereocenters. The Hall–Kier alpha value is -1.51. The van der Waals surface area contributed by atoms with Crippen molar-refractivity contribution < 1.29 is 4.79 Å². The van der Waals surface area contributed by atoms with Gasteiger partial charge in [-0.25, -0.2) is 0 Å². The Labute approximate surface area is 113 Å². The minimum atomic E-state index is 0.249. The molecule has 0 spiro atoms. The van der Waals surface area contributed by atoms with Crippen LogP contribution in [-0.2, 0) is 11.2 Å². The lowest BCUT2D eigenvalue weighted by atomic mass is 10.0. The number of carbonyl (C=O) groups excluding carboxylic acids is 1. The first-order valence-electron chi connectivity index (χ1n) is 7.50. The van der Waals surface area contributed by atoms with Crippen LogP contribution in [0.3, 0.4) is 0 Å². The van der Waals surface area contributed by atoms with Gasteiger partial charge >= 0.3 is 0 Å². The Kier molecular flexibility index (Phi) is 2.54. The first-order valence-corrected chi connectivity index (χ1v) is 7.50. The third kappa shape index (κ3) is 1.92. The SMILES string of the molecule is O=C(Nc1ccc2c(c1)CCCN2)C1C2CCCC21.